The van der Waals surface area contributed by atoms with E-state index in [2.05, 4.69) is 20.2 Å². The SMILES string of the molecule is O=C(NCc1ccc(Cl)cc1Cl)C1CCN(c2ncccn2)CC1. The second kappa shape index (κ2) is 7.81. The van der Waals surface area contributed by atoms with Gasteiger partial charge in [0, 0.05) is 48.0 Å². The lowest BCUT2D eigenvalue weighted by atomic mass is 9.96. The summed E-state index contributed by atoms with van der Waals surface area (Å²) in [5, 5.41) is 4.12. The first kappa shape index (κ1) is 17.0. The Morgan fingerprint density at radius 3 is 2.58 bits per heavy atom. The van der Waals surface area contributed by atoms with Gasteiger partial charge >= 0.3 is 0 Å². The molecule has 5 nitrogen and oxygen atoms in total. The molecule has 0 unspecified atom stereocenters. The van der Waals surface area contributed by atoms with Gasteiger partial charge < -0.3 is 10.2 Å². The number of benzene rings is 1. The Labute approximate surface area is 151 Å². The van der Waals surface area contributed by atoms with Crippen molar-refractivity contribution in [3.8, 4) is 0 Å². The molecule has 2 aromatic rings. The minimum absolute atomic E-state index is 0.0102. The fourth-order valence-corrected chi connectivity index (χ4v) is 3.26. The minimum Gasteiger partial charge on any atom is -0.352 e. The molecule has 1 aromatic carbocycles. The molecule has 1 N–H and O–H groups in total. The minimum atomic E-state index is 0.0102. The molecule has 1 amide bonds. The summed E-state index contributed by atoms with van der Waals surface area (Å²) >= 11 is 12.0. The number of aromatic nitrogens is 2. The van der Waals surface area contributed by atoms with Gasteiger partial charge in [0.2, 0.25) is 11.9 Å². The first-order chi connectivity index (χ1) is 11.6. The summed E-state index contributed by atoms with van der Waals surface area (Å²) in [6.07, 6.45) is 5.05. The van der Waals surface area contributed by atoms with Crippen LogP contribution in [0.3, 0.4) is 0 Å². The molecule has 24 heavy (non-hydrogen) atoms. The lowest BCUT2D eigenvalue weighted by molar-refractivity contribution is -0.125. The Hall–Kier alpha value is -1.85. The van der Waals surface area contributed by atoms with Gasteiger partial charge in [-0.3, -0.25) is 4.79 Å². The van der Waals surface area contributed by atoms with Gasteiger partial charge in [-0.1, -0.05) is 29.3 Å². The second-order valence-corrected chi connectivity index (χ2v) is 6.61. The van der Waals surface area contributed by atoms with E-state index in [1.807, 2.05) is 6.07 Å². The number of amides is 1. The molecular weight excluding hydrogens is 347 g/mol. The molecule has 0 spiro atoms. The summed E-state index contributed by atoms with van der Waals surface area (Å²) in [7, 11) is 0. The van der Waals surface area contributed by atoms with Crippen molar-refractivity contribution in [2.75, 3.05) is 18.0 Å². The number of anilines is 1. The smallest absolute Gasteiger partial charge is 0.225 e. The van der Waals surface area contributed by atoms with E-state index in [9.17, 15) is 4.79 Å². The summed E-state index contributed by atoms with van der Waals surface area (Å²) in [4.78, 5) is 23.0. The number of nitrogens with one attached hydrogen (secondary N) is 1. The Kier molecular flexibility index (Phi) is 5.53. The van der Waals surface area contributed by atoms with E-state index < -0.39 is 0 Å². The van der Waals surface area contributed by atoms with Gasteiger partial charge in [-0.25, -0.2) is 9.97 Å². The van der Waals surface area contributed by atoms with E-state index >= 15 is 0 Å². The molecule has 0 radical (unpaired) electrons. The van der Waals surface area contributed by atoms with Crippen LogP contribution < -0.4 is 10.2 Å². The van der Waals surface area contributed by atoms with Crippen molar-refractivity contribution in [3.05, 3.63) is 52.3 Å². The predicted octanol–water partition coefficient (Wildman–Crippen LogP) is 3.32. The van der Waals surface area contributed by atoms with Crippen LogP contribution >= 0.6 is 23.2 Å². The fourth-order valence-electron chi connectivity index (χ4n) is 2.79. The van der Waals surface area contributed by atoms with Crippen molar-refractivity contribution >= 4 is 35.1 Å². The predicted molar refractivity (Wildman–Crippen MR) is 95.3 cm³/mol. The zero-order valence-corrected chi connectivity index (χ0v) is 14.6. The third-order valence-corrected chi connectivity index (χ3v) is 4.76. The van der Waals surface area contributed by atoms with Gasteiger partial charge in [0.1, 0.15) is 0 Å². The molecule has 3 rings (SSSR count). The summed E-state index contributed by atoms with van der Waals surface area (Å²) in [5.41, 5.74) is 0.865. The van der Waals surface area contributed by atoms with Crippen LogP contribution in [-0.2, 0) is 11.3 Å². The topological polar surface area (TPSA) is 58.1 Å². The van der Waals surface area contributed by atoms with Crippen molar-refractivity contribution < 1.29 is 4.79 Å². The van der Waals surface area contributed by atoms with Gasteiger partial charge in [0.25, 0.3) is 0 Å². The summed E-state index contributed by atoms with van der Waals surface area (Å²) in [5.74, 6) is 0.801. The molecule has 1 aromatic heterocycles. The van der Waals surface area contributed by atoms with E-state index in [-0.39, 0.29) is 11.8 Å². The number of rotatable bonds is 4. The molecule has 1 saturated heterocycles. The number of hydrogen-bond acceptors (Lipinski definition) is 4. The first-order valence-corrected chi connectivity index (χ1v) is 8.62. The highest BCUT2D eigenvalue weighted by Crippen LogP contribution is 2.22. The van der Waals surface area contributed by atoms with E-state index in [0.717, 1.165) is 37.4 Å². The van der Waals surface area contributed by atoms with Gasteiger partial charge in [-0.2, -0.15) is 0 Å². The van der Waals surface area contributed by atoms with Crippen LogP contribution in [0, 0.1) is 5.92 Å². The highest BCUT2D eigenvalue weighted by atomic mass is 35.5. The van der Waals surface area contributed by atoms with Crippen molar-refractivity contribution in [3.63, 3.8) is 0 Å². The normalized spacial score (nSPS) is 15.3. The highest BCUT2D eigenvalue weighted by Gasteiger charge is 2.25. The van der Waals surface area contributed by atoms with Crippen LogP contribution in [0.5, 0.6) is 0 Å². The lowest BCUT2D eigenvalue weighted by Gasteiger charge is -2.31. The van der Waals surface area contributed by atoms with Crippen molar-refractivity contribution in [2.45, 2.75) is 19.4 Å². The molecule has 0 saturated carbocycles. The number of piperidine rings is 1. The Morgan fingerprint density at radius 1 is 1.21 bits per heavy atom. The van der Waals surface area contributed by atoms with Gasteiger partial charge in [-0.15, -0.1) is 0 Å². The second-order valence-electron chi connectivity index (χ2n) is 5.76. The largest absolute Gasteiger partial charge is 0.352 e. The average molecular weight is 365 g/mol. The van der Waals surface area contributed by atoms with Crippen LogP contribution in [0.25, 0.3) is 0 Å². The molecule has 1 aliphatic rings. The number of carbonyl (C=O) groups is 1. The van der Waals surface area contributed by atoms with Crippen LogP contribution in [-0.4, -0.2) is 29.0 Å². The lowest BCUT2D eigenvalue weighted by Crippen LogP contribution is -2.41. The van der Waals surface area contributed by atoms with Crippen LogP contribution in [0.1, 0.15) is 18.4 Å². The van der Waals surface area contributed by atoms with Crippen LogP contribution in [0.4, 0.5) is 5.95 Å². The number of nitrogens with zero attached hydrogens (tertiary/aromatic N) is 3. The summed E-state index contributed by atoms with van der Waals surface area (Å²) in [6.45, 7) is 1.98. The fraction of sp³-hybridized carbons (Fsp3) is 0.353. The molecule has 1 aliphatic heterocycles. The zero-order chi connectivity index (χ0) is 16.9. The molecule has 126 valence electrons. The number of hydrogen-bond donors (Lipinski definition) is 1. The van der Waals surface area contributed by atoms with Crippen molar-refractivity contribution in [2.24, 2.45) is 5.92 Å². The van der Waals surface area contributed by atoms with Gasteiger partial charge in [-0.05, 0) is 36.6 Å². The van der Waals surface area contributed by atoms with E-state index in [0.29, 0.717) is 16.6 Å². The third-order valence-electron chi connectivity index (χ3n) is 4.17. The van der Waals surface area contributed by atoms with E-state index in [1.165, 1.54) is 0 Å². The molecule has 0 aliphatic carbocycles. The third kappa shape index (κ3) is 4.16. The summed E-state index contributed by atoms with van der Waals surface area (Å²) in [6, 6.07) is 7.09. The number of carbonyl (C=O) groups excluding carboxylic acids is 1. The number of halogens is 2. The Bertz CT molecular complexity index is 703. The van der Waals surface area contributed by atoms with Crippen LogP contribution in [0.2, 0.25) is 10.0 Å². The molecule has 7 heteroatoms. The quantitative estimate of drug-likeness (QED) is 0.903. The molecule has 1 fully saturated rings. The van der Waals surface area contributed by atoms with Crippen LogP contribution in [0.15, 0.2) is 36.7 Å². The Balaban J connectivity index is 1.50. The maximum atomic E-state index is 12.4. The first-order valence-electron chi connectivity index (χ1n) is 7.87. The Morgan fingerprint density at radius 2 is 1.92 bits per heavy atom. The highest BCUT2D eigenvalue weighted by molar-refractivity contribution is 6.35. The molecule has 0 bridgehead atoms. The van der Waals surface area contributed by atoms with E-state index in [1.54, 1.807) is 30.6 Å². The average Bonchev–Trinajstić information content (AvgIpc) is 2.62. The van der Waals surface area contributed by atoms with Gasteiger partial charge in [0.15, 0.2) is 0 Å². The molecule has 2 heterocycles. The zero-order valence-electron chi connectivity index (χ0n) is 13.1. The van der Waals surface area contributed by atoms with Crippen molar-refractivity contribution in [1.82, 2.24) is 15.3 Å². The van der Waals surface area contributed by atoms with E-state index in [4.69, 9.17) is 23.2 Å². The van der Waals surface area contributed by atoms with Crippen molar-refractivity contribution in [1.29, 1.82) is 0 Å². The summed E-state index contributed by atoms with van der Waals surface area (Å²) < 4.78 is 0. The molecular formula is C17H18Cl2N4O. The standard InChI is InChI=1S/C17H18Cl2N4O/c18-14-3-2-13(15(19)10-14)11-22-16(24)12-4-8-23(9-5-12)17-20-6-1-7-21-17/h1-3,6-7,10,12H,4-5,8-9,11H2,(H,22,24). The molecule has 0 atom stereocenters. The maximum absolute atomic E-state index is 12.4. The maximum Gasteiger partial charge on any atom is 0.225 e. The monoisotopic (exact) mass is 364 g/mol. The van der Waals surface area contributed by atoms with Gasteiger partial charge in [0.05, 0.1) is 0 Å².